The van der Waals surface area contributed by atoms with E-state index in [0.717, 1.165) is 5.69 Å². The fourth-order valence-corrected chi connectivity index (χ4v) is 2.11. The van der Waals surface area contributed by atoms with Crippen LogP contribution < -0.4 is 9.47 Å². The minimum absolute atomic E-state index is 0.173. The molecular weight excluding hydrogens is 272 g/mol. The highest BCUT2D eigenvalue weighted by Gasteiger charge is 2.17. The highest BCUT2D eigenvalue weighted by molar-refractivity contribution is 5.66. The van der Waals surface area contributed by atoms with E-state index in [9.17, 15) is 4.79 Å². The van der Waals surface area contributed by atoms with Crippen molar-refractivity contribution in [1.29, 1.82) is 0 Å². The molecule has 0 aliphatic rings. The van der Waals surface area contributed by atoms with Crippen LogP contribution in [0.4, 0.5) is 0 Å². The lowest BCUT2D eigenvalue weighted by Crippen LogP contribution is -2.32. The number of aromatic nitrogens is 1. The molecule has 21 heavy (non-hydrogen) atoms. The van der Waals surface area contributed by atoms with Gasteiger partial charge in [0.05, 0.1) is 14.2 Å². The first-order valence-corrected chi connectivity index (χ1v) is 7.01. The Kier molecular flexibility index (Phi) is 6.94. The number of rotatable bonds is 9. The molecule has 0 aliphatic carbocycles. The Labute approximate surface area is 125 Å². The number of aliphatic carboxylic acids is 1. The Balaban J connectivity index is 2.81. The fraction of sp³-hybridized carbons (Fsp3) is 0.600. The van der Waals surface area contributed by atoms with Gasteiger partial charge in [-0.15, -0.1) is 0 Å². The van der Waals surface area contributed by atoms with Crippen LogP contribution in [-0.2, 0) is 11.3 Å². The van der Waals surface area contributed by atoms with Crippen molar-refractivity contribution in [3.63, 3.8) is 0 Å². The minimum atomic E-state index is -0.768. The van der Waals surface area contributed by atoms with E-state index < -0.39 is 5.97 Å². The van der Waals surface area contributed by atoms with Crippen molar-refractivity contribution in [2.45, 2.75) is 39.3 Å². The largest absolute Gasteiger partial charge is 0.493 e. The first-order chi connectivity index (χ1) is 9.99. The zero-order valence-corrected chi connectivity index (χ0v) is 13.1. The summed E-state index contributed by atoms with van der Waals surface area (Å²) in [6, 6.07) is 2.04. The summed E-state index contributed by atoms with van der Waals surface area (Å²) in [6.45, 7) is 5.45. The predicted octanol–water partition coefficient (Wildman–Crippen LogP) is 2.17. The van der Waals surface area contributed by atoms with Crippen LogP contribution in [0.1, 0.15) is 32.4 Å². The highest BCUT2D eigenvalue weighted by atomic mass is 16.5. The van der Waals surface area contributed by atoms with E-state index in [-0.39, 0.29) is 12.5 Å². The third-order valence-electron chi connectivity index (χ3n) is 3.29. The van der Waals surface area contributed by atoms with Gasteiger partial charge in [-0.1, -0.05) is 0 Å². The molecule has 0 aliphatic heterocycles. The van der Waals surface area contributed by atoms with Crippen LogP contribution in [0.3, 0.4) is 0 Å². The lowest BCUT2D eigenvalue weighted by Gasteiger charge is -2.26. The molecule has 0 atom stereocenters. The summed E-state index contributed by atoms with van der Waals surface area (Å²) in [6.07, 6.45) is 2.47. The smallest absolute Gasteiger partial charge is 0.303 e. The van der Waals surface area contributed by atoms with Gasteiger partial charge in [0, 0.05) is 31.3 Å². The van der Waals surface area contributed by atoms with Gasteiger partial charge in [0.1, 0.15) is 5.69 Å². The molecule has 0 aromatic carbocycles. The third kappa shape index (κ3) is 5.23. The number of carboxylic acid groups (broad SMARTS) is 1. The summed E-state index contributed by atoms with van der Waals surface area (Å²) in [5.74, 6) is 0.511. The first-order valence-electron chi connectivity index (χ1n) is 7.01. The van der Waals surface area contributed by atoms with Gasteiger partial charge < -0.3 is 14.6 Å². The van der Waals surface area contributed by atoms with Crippen molar-refractivity contribution < 1.29 is 19.4 Å². The maximum atomic E-state index is 10.6. The Hall–Kier alpha value is -1.82. The van der Waals surface area contributed by atoms with Gasteiger partial charge in [-0.3, -0.25) is 14.7 Å². The fourth-order valence-electron chi connectivity index (χ4n) is 2.11. The van der Waals surface area contributed by atoms with Crippen LogP contribution in [0.15, 0.2) is 12.3 Å². The first kappa shape index (κ1) is 17.2. The second kappa shape index (κ2) is 8.46. The quantitative estimate of drug-likeness (QED) is 0.753. The molecule has 6 heteroatoms. The van der Waals surface area contributed by atoms with Gasteiger partial charge in [-0.05, 0) is 26.8 Å². The molecule has 0 saturated carbocycles. The molecule has 0 bridgehead atoms. The van der Waals surface area contributed by atoms with E-state index >= 15 is 0 Å². The molecule has 0 spiro atoms. The number of carbonyl (C=O) groups is 1. The molecule has 6 nitrogen and oxygen atoms in total. The van der Waals surface area contributed by atoms with Crippen molar-refractivity contribution in [3.05, 3.63) is 18.0 Å². The molecule has 0 radical (unpaired) electrons. The summed E-state index contributed by atoms with van der Waals surface area (Å²) in [5.41, 5.74) is 0.792. The molecule has 1 aromatic rings. The summed E-state index contributed by atoms with van der Waals surface area (Å²) in [5, 5.41) is 8.74. The van der Waals surface area contributed by atoms with E-state index in [2.05, 4.69) is 23.7 Å². The normalized spacial score (nSPS) is 11.0. The molecule has 0 amide bonds. The van der Waals surface area contributed by atoms with Gasteiger partial charge in [0.15, 0.2) is 11.5 Å². The average molecular weight is 296 g/mol. The number of carboxylic acids is 1. The van der Waals surface area contributed by atoms with E-state index in [1.807, 2.05) is 0 Å². The summed E-state index contributed by atoms with van der Waals surface area (Å²) in [4.78, 5) is 17.2. The number of nitrogens with zero attached hydrogens (tertiary/aromatic N) is 2. The highest BCUT2D eigenvalue weighted by Crippen LogP contribution is 2.30. The van der Waals surface area contributed by atoms with E-state index in [1.54, 1.807) is 26.5 Å². The van der Waals surface area contributed by atoms with Gasteiger partial charge >= 0.3 is 5.97 Å². The Bertz CT molecular complexity index is 463. The average Bonchev–Trinajstić information content (AvgIpc) is 2.45. The van der Waals surface area contributed by atoms with Gasteiger partial charge in [-0.25, -0.2) is 0 Å². The Morgan fingerprint density at radius 1 is 1.38 bits per heavy atom. The standard InChI is InChI=1S/C15H24N2O4/c1-11(2)17(9-5-6-14(18)19)10-12-15(21-4)13(20-3)7-8-16-12/h7-8,11H,5-6,9-10H2,1-4H3,(H,18,19). The van der Waals surface area contributed by atoms with Crippen molar-refractivity contribution in [2.24, 2.45) is 0 Å². The SMILES string of the molecule is COc1ccnc(CN(CCCC(=O)O)C(C)C)c1OC. The van der Waals surface area contributed by atoms with Gasteiger partial charge in [0.2, 0.25) is 0 Å². The lowest BCUT2D eigenvalue weighted by atomic mass is 10.2. The van der Waals surface area contributed by atoms with Crippen LogP contribution in [-0.4, -0.2) is 47.8 Å². The topological polar surface area (TPSA) is 71.9 Å². The van der Waals surface area contributed by atoms with E-state index in [0.29, 0.717) is 31.0 Å². The van der Waals surface area contributed by atoms with Crippen LogP contribution in [0.25, 0.3) is 0 Å². The van der Waals surface area contributed by atoms with Crippen molar-refractivity contribution in [2.75, 3.05) is 20.8 Å². The van der Waals surface area contributed by atoms with Gasteiger partial charge in [0.25, 0.3) is 0 Å². The van der Waals surface area contributed by atoms with Gasteiger partial charge in [-0.2, -0.15) is 0 Å². The second-order valence-electron chi connectivity index (χ2n) is 5.05. The monoisotopic (exact) mass is 296 g/mol. The summed E-state index contributed by atoms with van der Waals surface area (Å²) in [7, 11) is 3.18. The molecule has 118 valence electrons. The minimum Gasteiger partial charge on any atom is -0.493 e. The molecule has 0 fully saturated rings. The zero-order chi connectivity index (χ0) is 15.8. The van der Waals surface area contributed by atoms with Crippen LogP contribution in [0.2, 0.25) is 0 Å². The summed E-state index contributed by atoms with van der Waals surface area (Å²) >= 11 is 0. The predicted molar refractivity (Wildman–Crippen MR) is 79.8 cm³/mol. The number of hydrogen-bond donors (Lipinski definition) is 1. The van der Waals surface area contributed by atoms with Crippen LogP contribution >= 0.6 is 0 Å². The van der Waals surface area contributed by atoms with Crippen molar-refractivity contribution in [3.8, 4) is 11.5 Å². The zero-order valence-electron chi connectivity index (χ0n) is 13.1. The van der Waals surface area contributed by atoms with Crippen molar-refractivity contribution in [1.82, 2.24) is 9.88 Å². The molecule has 0 saturated heterocycles. The molecular formula is C15H24N2O4. The number of hydrogen-bond acceptors (Lipinski definition) is 5. The maximum absolute atomic E-state index is 10.6. The van der Waals surface area contributed by atoms with E-state index in [4.69, 9.17) is 14.6 Å². The molecule has 1 aromatic heterocycles. The molecule has 1 N–H and O–H groups in total. The van der Waals surface area contributed by atoms with Crippen molar-refractivity contribution >= 4 is 5.97 Å². The Morgan fingerprint density at radius 2 is 2.10 bits per heavy atom. The second-order valence-corrected chi connectivity index (χ2v) is 5.05. The molecule has 0 unspecified atom stereocenters. The number of methoxy groups -OCH3 is 2. The molecule has 1 rings (SSSR count). The molecule has 1 heterocycles. The van der Waals surface area contributed by atoms with Crippen LogP contribution in [0, 0.1) is 0 Å². The number of ether oxygens (including phenoxy) is 2. The Morgan fingerprint density at radius 3 is 2.62 bits per heavy atom. The van der Waals surface area contributed by atoms with E-state index in [1.165, 1.54) is 0 Å². The third-order valence-corrected chi connectivity index (χ3v) is 3.29. The maximum Gasteiger partial charge on any atom is 0.303 e. The number of pyridine rings is 1. The van der Waals surface area contributed by atoms with Crippen LogP contribution in [0.5, 0.6) is 11.5 Å². The summed E-state index contributed by atoms with van der Waals surface area (Å²) < 4.78 is 10.7. The lowest BCUT2D eigenvalue weighted by molar-refractivity contribution is -0.137.